The van der Waals surface area contributed by atoms with Crippen molar-refractivity contribution in [2.24, 2.45) is 13.0 Å². The molecule has 2 aromatic heterocycles. The van der Waals surface area contributed by atoms with Crippen LogP contribution in [0.15, 0.2) is 43.0 Å². The third-order valence-electron chi connectivity index (χ3n) is 7.14. The molecule has 1 amide bonds. The van der Waals surface area contributed by atoms with E-state index in [4.69, 9.17) is 0 Å². The smallest absolute Gasteiger partial charge is 0.338 e. The Kier molecular flexibility index (Phi) is 8.65. The predicted octanol–water partition coefficient (Wildman–Crippen LogP) is 6.35. The van der Waals surface area contributed by atoms with Crippen LogP contribution in [-0.2, 0) is 30.7 Å². The summed E-state index contributed by atoms with van der Waals surface area (Å²) in [5.41, 5.74) is -1.57. The van der Waals surface area contributed by atoms with Crippen molar-refractivity contribution in [1.82, 2.24) is 24.6 Å². The van der Waals surface area contributed by atoms with Gasteiger partial charge in [-0.1, -0.05) is 20.8 Å². The van der Waals surface area contributed by atoms with Gasteiger partial charge >= 0.3 is 12.4 Å². The number of anilines is 1. The van der Waals surface area contributed by atoms with Crippen LogP contribution >= 0.6 is 0 Å². The van der Waals surface area contributed by atoms with Crippen molar-refractivity contribution in [3.8, 4) is 11.1 Å². The van der Waals surface area contributed by atoms with Gasteiger partial charge in [0.05, 0.1) is 23.4 Å². The van der Waals surface area contributed by atoms with Gasteiger partial charge < -0.3 is 9.80 Å². The molecule has 0 unspecified atom stereocenters. The fraction of sp³-hybridized carbons (Fsp3) is 0.500. The molecule has 222 valence electrons. The Bertz CT molecular complexity index is 1320. The number of rotatable bonds is 8. The first-order valence-electron chi connectivity index (χ1n) is 13.3. The van der Waals surface area contributed by atoms with Gasteiger partial charge in [0.25, 0.3) is 0 Å². The van der Waals surface area contributed by atoms with E-state index in [0.29, 0.717) is 24.8 Å². The number of benzene rings is 1. The number of aryl methyl sites for hydroxylation is 1. The second-order valence-electron chi connectivity index (χ2n) is 10.8. The van der Waals surface area contributed by atoms with Gasteiger partial charge in [-0.05, 0) is 42.5 Å². The molecule has 4 rings (SSSR count). The van der Waals surface area contributed by atoms with Crippen molar-refractivity contribution in [2.45, 2.75) is 71.0 Å². The average Bonchev–Trinajstić information content (AvgIpc) is 3.52. The standard InChI is InChI=1S/C28H32F6N6O/c1-5-23-10-24(16-39(23)25(41)6-17(2)3)40(26-35-11-19(12-36-26)20-13-37-38(4)15-20)14-18-7-21(27(29,30)31)9-22(8-18)28(32,33)34/h7-9,11-13,15,17,23-24H,5-6,10,14,16H2,1-4H3/t23-,24+/m1/s1. The van der Waals surface area contributed by atoms with Crippen LogP contribution in [0.4, 0.5) is 32.3 Å². The Morgan fingerprint density at radius 3 is 2.10 bits per heavy atom. The summed E-state index contributed by atoms with van der Waals surface area (Å²) in [6, 6.07) is 1.00. The molecule has 0 aliphatic carbocycles. The van der Waals surface area contributed by atoms with Gasteiger partial charge in [0, 0.05) is 62.3 Å². The number of amides is 1. The lowest BCUT2D eigenvalue weighted by Gasteiger charge is -2.30. The third kappa shape index (κ3) is 7.17. The number of hydrogen-bond donors (Lipinski definition) is 0. The maximum Gasteiger partial charge on any atom is 0.416 e. The monoisotopic (exact) mass is 582 g/mol. The predicted molar refractivity (Wildman–Crippen MR) is 141 cm³/mol. The second kappa shape index (κ2) is 11.7. The zero-order valence-corrected chi connectivity index (χ0v) is 23.2. The SMILES string of the molecule is CC[C@@H]1C[C@H](N(Cc2cc(C(F)(F)F)cc(C(F)(F)F)c2)c2ncc(-c3cnn(C)c3)cn2)CN1C(=O)CC(C)C. The first kappa shape index (κ1) is 30.3. The molecule has 0 bridgehead atoms. The Morgan fingerprint density at radius 2 is 1.61 bits per heavy atom. The molecule has 0 spiro atoms. The van der Waals surface area contributed by atoms with Crippen molar-refractivity contribution in [1.29, 1.82) is 0 Å². The highest BCUT2D eigenvalue weighted by Crippen LogP contribution is 2.37. The summed E-state index contributed by atoms with van der Waals surface area (Å²) in [5, 5.41) is 4.12. The molecular weight excluding hydrogens is 550 g/mol. The van der Waals surface area contributed by atoms with Crippen molar-refractivity contribution >= 4 is 11.9 Å². The van der Waals surface area contributed by atoms with E-state index in [1.54, 1.807) is 33.9 Å². The van der Waals surface area contributed by atoms with Crippen molar-refractivity contribution in [3.05, 3.63) is 59.7 Å². The van der Waals surface area contributed by atoms with Gasteiger partial charge in [0.2, 0.25) is 11.9 Å². The number of likely N-dealkylation sites (tertiary alicyclic amines) is 1. The Morgan fingerprint density at radius 1 is 1.00 bits per heavy atom. The van der Waals surface area contributed by atoms with E-state index in [2.05, 4.69) is 15.1 Å². The van der Waals surface area contributed by atoms with E-state index in [0.717, 1.165) is 17.7 Å². The molecule has 13 heteroatoms. The lowest BCUT2D eigenvalue weighted by Crippen LogP contribution is -2.40. The van der Waals surface area contributed by atoms with E-state index >= 15 is 0 Å². The minimum atomic E-state index is -4.97. The minimum absolute atomic E-state index is 0.0411. The van der Waals surface area contributed by atoms with Crippen LogP contribution in [0.5, 0.6) is 0 Å². The second-order valence-corrected chi connectivity index (χ2v) is 10.8. The molecule has 1 aliphatic rings. The molecule has 1 fully saturated rings. The van der Waals surface area contributed by atoms with E-state index in [9.17, 15) is 31.1 Å². The van der Waals surface area contributed by atoms with E-state index < -0.39 is 29.5 Å². The molecular formula is C28H32F6N6O. The van der Waals surface area contributed by atoms with Crippen LogP contribution in [-0.4, -0.2) is 49.2 Å². The lowest BCUT2D eigenvalue weighted by atomic mass is 10.0. The van der Waals surface area contributed by atoms with Crippen molar-refractivity contribution in [2.75, 3.05) is 11.4 Å². The summed E-state index contributed by atoms with van der Waals surface area (Å²) in [6.45, 7) is 5.74. The molecule has 1 saturated heterocycles. The lowest BCUT2D eigenvalue weighted by molar-refractivity contribution is -0.143. The fourth-order valence-corrected chi connectivity index (χ4v) is 5.14. The first-order valence-corrected chi connectivity index (χ1v) is 13.3. The highest BCUT2D eigenvalue weighted by Gasteiger charge is 2.40. The summed E-state index contributed by atoms with van der Waals surface area (Å²) in [7, 11) is 1.75. The highest BCUT2D eigenvalue weighted by molar-refractivity contribution is 5.77. The van der Waals surface area contributed by atoms with Gasteiger partial charge in [-0.2, -0.15) is 31.4 Å². The largest absolute Gasteiger partial charge is 0.416 e. The molecule has 7 nitrogen and oxygen atoms in total. The van der Waals surface area contributed by atoms with Crippen LogP contribution in [0.1, 0.15) is 56.7 Å². The molecule has 0 N–H and O–H groups in total. The molecule has 1 aromatic carbocycles. The van der Waals surface area contributed by atoms with E-state index in [-0.39, 0.29) is 48.5 Å². The van der Waals surface area contributed by atoms with Gasteiger partial charge in [-0.3, -0.25) is 9.48 Å². The van der Waals surface area contributed by atoms with Crippen LogP contribution in [0.25, 0.3) is 11.1 Å². The topological polar surface area (TPSA) is 67.2 Å². The van der Waals surface area contributed by atoms with Gasteiger partial charge in [0.1, 0.15) is 0 Å². The zero-order valence-electron chi connectivity index (χ0n) is 23.2. The summed E-state index contributed by atoms with van der Waals surface area (Å²) >= 11 is 0. The fourth-order valence-electron chi connectivity index (χ4n) is 5.14. The molecule has 0 saturated carbocycles. The summed E-state index contributed by atoms with van der Waals surface area (Å²) in [6.07, 6.45) is -2.02. The molecule has 1 aliphatic heterocycles. The number of nitrogens with zero attached hydrogens (tertiary/aromatic N) is 6. The molecule has 3 heterocycles. The molecule has 41 heavy (non-hydrogen) atoms. The van der Waals surface area contributed by atoms with Gasteiger partial charge in [0.15, 0.2) is 0 Å². The highest BCUT2D eigenvalue weighted by atomic mass is 19.4. The number of carbonyl (C=O) groups excluding carboxylic acids is 1. The number of hydrogen-bond acceptors (Lipinski definition) is 5. The summed E-state index contributed by atoms with van der Waals surface area (Å²) < 4.78 is 83.1. The van der Waals surface area contributed by atoms with E-state index in [1.165, 1.54) is 12.4 Å². The number of carbonyl (C=O) groups is 1. The van der Waals surface area contributed by atoms with Crippen LogP contribution in [0.3, 0.4) is 0 Å². The molecule has 3 aromatic rings. The number of aromatic nitrogens is 4. The Balaban J connectivity index is 1.74. The van der Waals surface area contributed by atoms with Crippen LogP contribution in [0, 0.1) is 5.92 Å². The Hall–Kier alpha value is -3.64. The van der Waals surface area contributed by atoms with Crippen molar-refractivity contribution < 1.29 is 31.1 Å². The maximum atomic E-state index is 13.6. The van der Waals surface area contributed by atoms with E-state index in [1.807, 2.05) is 20.8 Å². The molecule has 0 radical (unpaired) electrons. The zero-order chi connectivity index (χ0) is 30.1. The maximum absolute atomic E-state index is 13.6. The third-order valence-corrected chi connectivity index (χ3v) is 7.14. The van der Waals surface area contributed by atoms with Crippen LogP contribution < -0.4 is 4.90 Å². The molecule has 2 atom stereocenters. The summed E-state index contributed by atoms with van der Waals surface area (Å²) in [5.74, 6) is 0.228. The number of halogens is 6. The van der Waals surface area contributed by atoms with Crippen molar-refractivity contribution in [3.63, 3.8) is 0 Å². The Labute approximate surface area is 234 Å². The minimum Gasteiger partial charge on any atom is -0.338 e. The van der Waals surface area contributed by atoms with Crippen LogP contribution in [0.2, 0.25) is 0 Å². The quantitative estimate of drug-likeness (QED) is 0.290. The average molecular weight is 583 g/mol. The van der Waals surface area contributed by atoms with Gasteiger partial charge in [-0.25, -0.2) is 9.97 Å². The van der Waals surface area contributed by atoms with Gasteiger partial charge in [-0.15, -0.1) is 0 Å². The summed E-state index contributed by atoms with van der Waals surface area (Å²) in [4.78, 5) is 25.3. The first-order chi connectivity index (χ1) is 19.2. The number of alkyl halides is 6. The normalized spacial score (nSPS) is 17.9.